The second-order valence-corrected chi connectivity index (χ2v) is 7.01. The second-order valence-electron chi connectivity index (χ2n) is 7.01. The standard InChI is InChI=1S/C17H34N2O/c1-4-19(16-8-6-5-7-14(16)12-18)15-9-10-20-17(11-15)13(2)3/h13-17H,4-12,18H2,1-3H3. The molecule has 2 rings (SSSR count). The molecule has 4 unspecified atom stereocenters. The number of nitrogens with zero attached hydrogens (tertiary/aromatic N) is 1. The van der Waals surface area contributed by atoms with Crippen LogP contribution in [0.5, 0.6) is 0 Å². The molecule has 0 aromatic carbocycles. The third-order valence-corrected chi connectivity index (χ3v) is 5.46. The van der Waals surface area contributed by atoms with Crippen molar-refractivity contribution in [1.29, 1.82) is 0 Å². The van der Waals surface area contributed by atoms with Crippen molar-refractivity contribution in [2.24, 2.45) is 17.6 Å². The largest absolute Gasteiger partial charge is 0.378 e. The first-order valence-corrected chi connectivity index (χ1v) is 8.74. The van der Waals surface area contributed by atoms with Gasteiger partial charge in [-0.1, -0.05) is 33.6 Å². The number of nitrogens with two attached hydrogens (primary N) is 1. The van der Waals surface area contributed by atoms with Crippen LogP contribution in [-0.4, -0.2) is 42.8 Å². The van der Waals surface area contributed by atoms with Crippen LogP contribution in [0, 0.1) is 11.8 Å². The first kappa shape index (κ1) is 16.3. The molecule has 2 N–H and O–H groups in total. The molecule has 118 valence electrons. The van der Waals surface area contributed by atoms with Crippen LogP contribution in [0.4, 0.5) is 0 Å². The molecule has 0 bridgehead atoms. The summed E-state index contributed by atoms with van der Waals surface area (Å²) in [5.74, 6) is 1.34. The van der Waals surface area contributed by atoms with E-state index in [1.807, 2.05) is 0 Å². The first-order valence-electron chi connectivity index (χ1n) is 8.74. The van der Waals surface area contributed by atoms with Crippen molar-refractivity contribution < 1.29 is 4.74 Å². The summed E-state index contributed by atoms with van der Waals surface area (Å²) in [7, 11) is 0. The lowest BCUT2D eigenvalue weighted by molar-refractivity contribution is -0.0633. The van der Waals surface area contributed by atoms with E-state index in [1.54, 1.807) is 0 Å². The van der Waals surface area contributed by atoms with Crippen LogP contribution in [0.3, 0.4) is 0 Å². The zero-order valence-corrected chi connectivity index (χ0v) is 13.7. The molecule has 2 aliphatic rings. The van der Waals surface area contributed by atoms with E-state index in [0.29, 0.717) is 24.0 Å². The van der Waals surface area contributed by atoms with E-state index in [2.05, 4.69) is 25.7 Å². The predicted molar refractivity (Wildman–Crippen MR) is 84.8 cm³/mol. The van der Waals surface area contributed by atoms with Gasteiger partial charge in [0.15, 0.2) is 0 Å². The molecule has 0 amide bonds. The Morgan fingerprint density at radius 3 is 2.60 bits per heavy atom. The van der Waals surface area contributed by atoms with Gasteiger partial charge in [-0.2, -0.15) is 0 Å². The average molecular weight is 282 g/mol. The van der Waals surface area contributed by atoms with Crippen LogP contribution in [0.25, 0.3) is 0 Å². The molecule has 0 spiro atoms. The zero-order valence-electron chi connectivity index (χ0n) is 13.7. The van der Waals surface area contributed by atoms with Crippen molar-refractivity contribution in [3.8, 4) is 0 Å². The molecule has 1 saturated carbocycles. The van der Waals surface area contributed by atoms with Gasteiger partial charge in [-0.3, -0.25) is 4.90 Å². The Kier molecular flexibility index (Phi) is 6.31. The predicted octanol–water partition coefficient (Wildman–Crippen LogP) is 3.03. The number of hydrogen-bond donors (Lipinski definition) is 1. The molecular formula is C17H34N2O. The van der Waals surface area contributed by atoms with Gasteiger partial charge in [-0.15, -0.1) is 0 Å². The quantitative estimate of drug-likeness (QED) is 0.842. The summed E-state index contributed by atoms with van der Waals surface area (Å²) in [5.41, 5.74) is 6.04. The van der Waals surface area contributed by atoms with E-state index in [1.165, 1.54) is 38.5 Å². The fourth-order valence-electron chi connectivity index (χ4n) is 4.24. The second kappa shape index (κ2) is 7.77. The maximum absolute atomic E-state index is 6.04. The van der Waals surface area contributed by atoms with Crippen LogP contribution in [0.15, 0.2) is 0 Å². The lowest BCUT2D eigenvalue weighted by Gasteiger charge is -2.46. The minimum absolute atomic E-state index is 0.447. The average Bonchev–Trinajstić information content (AvgIpc) is 2.49. The molecule has 2 fully saturated rings. The van der Waals surface area contributed by atoms with Crippen molar-refractivity contribution in [1.82, 2.24) is 4.90 Å². The van der Waals surface area contributed by atoms with Crippen molar-refractivity contribution in [3.63, 3.8) is 0 Å². The van der Waals surface area contributed by atoms with Crippen molar-refractivity contribution >= 4 is 0 Å². The van der Waals surface area contributed by atoms with E-state index < -0.39 is 0 Å². The van der Waals surface area contributed by atoms with E-state index in [4.69, 9.17) is 10.5 Å². The van der Waals surface area contributed by atoms with Crippen molar-refractivity contribution in [2.45, 2.75) is 77.5 Å². The summed E-state index contributed by atoms with van der Waals surface area (Å²) in [6.07, 6.45) is 8.29. The third-order valence-electron chi connectivity index (χ3n) is 5.46. The monoisotopic (exact) mass is 282 g/mol. The molecule has 1 aliphatic carbocycles. The van der Waals surface area contributed by atoms with E-state index in [-0.39, 0.29) is 0 Å². The molecule has 0 aromatic rings. The molecule has 20 heavy (non-hydrogen) atoms. The minimum Gasteiger partial charge on any atom is -0.378 e. The highest BCUT2D eigenvalue weighted by Crippen LogP contribution is 2.32. The van der Waals surface area contributed by atoms with Crippen molar-refractivity contribution in [3.05, 3.63) is 0 Å². The maximum atomic E-state index is 6.04. The molecule has 1 saturated heterocycles. The van der Waals surface area contributed by atoms with Gasteiger partial charge in [-0.25, -0.2) is 0 Å². The molecular weight excluding hydrogens is 248 g/mol. The Morgan fingerprint density at radius 1 is 1.20 bits per heavy atom. The van der Waals surface area contributed by atoms with Crippen LogP contribution < -0.4 is 5.73 Å². The Bertz CT molecular complexity index is 282. The fourth-order valence-corrected chi connectivity index (χ4v) is 4.24. The molecule has 1 heterocycles. The molecule has 4 atom stereocenters. The Balaban J connectivity index is 2.02. The summed E-state index contributed by atoms with van der Waals surface area (Å²) in [6.45, 7) is 9.85. The first-order chi connectivity index (χ1) is 9.67. The number of hydrogen-bond acceptors (Lipinski definition) is 3. The number of ether oxygens (including phenoxy) is 1. The Morgan fingerprint density at radius 2 is 1.95 bits per heavy atom. The highest BCUT2D eigenvalue weighted by molar-refractivity contribution is 4.89. The SMILES string of the molecule is CCN(C1CCOC(C(C)C)C1)C1CCCCC1CN. The summed E-state index contributed by atoms with van der Waals surface area (Å²) < 4.78 is 5.95. The van der Waals surface area contributed by atoms with Gasteiger partial charge < -0.3 is 10.5 Å². The fraction of sp³-hybridized carbons (Fsp3) is 1.00. The maximum Gasteiger partial charge on any atom is 0.0612 e. The minimum atomic E-state index is 0.447. The Hall–Kier alpha value is -0.120. The zero-order chi connectivity index (χ0) is 14.5. The van der Waals surface area contributed by atoms with Crippen LogP contribution >= 0.6 is 0 Å². The third kappa shape index (κ3) is 3.75. The van der Waals surface area contributed by atoms with Crippen LogP contribution in [-0.2, 0) is 4.74 Å². The molecule has 1 aliphatic heterocycles. The van der Waals surface area contributed by atoms with Gasteiger partial charge in [0.25, 0.3) is 0 Å². The van der Waals surface area contributed by atoms with Gasteiger partial charge in [0, 0.05) is 18.7 Å². The van der Waals surface area contributed by atoms with E-state index in [0.717, 1.165) is 25.7 Å². The van der Waals surface area contributed by atoms with E-state index in [9.17, 15) is 0 Å². The Labute approximate surface area is 125 Å². The summed E-state index contributed by atoms with van der Waals surface area (Å²) in [4.78, 5) is 2.77. The van der Waals surface area contributed by atoms with Gasteiger partial charge >= 0.3 is 0 Å². The molecule has 3 heteroatoms. The normalized spacial score (nSPS) is 35.7. The van der Waals surface area contributed by atoms with Crippen molar-refractivity contribution in [2.75, 3.05) is 19.7 Å². The summed E-state index contributed by atoms with van der Waals surface area (Å²) >= 11 is 0. The van der Waals surface area contributed by atoms with Gasteiger partial charge in [0.1, 0.15) is 0 Å². The van der Waals surface area contributed by atoms with Gasteiger partial charge in [0.2, 0.25) is 0 Å². The van der Waals surface area contributed by atoms with Crippen LogP contribution in [0.2, 0.25) is 0 Å². The topological polar surface area (TPSA) is 38.5 Å². The number of rotatable bonds is 5. The lowest BCUT2D eigenvalue weighted by Crippen LogP contribution is -2.52. The smallest absolute Gasteiger partial charge is 0.0612 e. The lowest BCUT2D eigenvalue weighted by atomic mass is 9.82. The van der Waals surface area contributed by atoms with Gasteiger partial charge in [-0.05, 0) is 50.6 Å². The molecule has 3 nitrogen and oxygen atoms in total. The van der Waals surface area contributed by atoms with Gasteiger partial charge in [0.05, 0.1) is 6.10 Å². The van der Waals surface area contributed by atoms with E-state index >= 15 is 0 Å². The van der Waals surface area contributed by atoms with Crippen LogP contribution in [0.1, 0.15) is 59.3 Å². The molecule has 0 aromatic heterocycles. The highest BCUT2D eigenvalue weighted by atomic mass is 16.5. The summed E-state index contributed by atoms with van der Waals surface area (Å²) in [5, 5.41) is 0. The molecule has 0 radical (unpaired) electrons. The highest BCUT2D eigenvalue weighted by Gasteiger charge is 2.35. The summed E-state index contributed by atoms with van der Waals surface area (Å²) in [6, 6.07) is 1.42.